The lowest BCUT2D eigenvalue weighted by atomic mass is 9.88. The van der Waals surface area contributed by atoms with Crippen LogP contribution >= 0.6 is 0 Å². The Morgan fingerprint density at radius 1 is 0.840 bits per heavy atom. The molecule has 2 aromatic carbocycles. The van der Waals surface area contributed by atoms with Crippen LogP contribution in [0.1, 0.15) is 48.1 Å². The van der Waals surface area contributed by atoms with Crippen LogP contribution in [0, 0.1) is 20.8 Å². The van der Waals surface area contributed by atoms with E-state index < -0.39 is 0 Å². The van der Waals surface area contributed by atoms with E-state index in [9.17, 15) is 0 Å². The van der Waals surface area contributed by atoms with Gasteiger partial charge in [-0.1, -0.05) is 72.3 Å². The van der Waals surface area contributed by atoms with Crippen LogP contribution in [-0.2, 0) is 6.42 Å². The van der Waals surface area contributed by atoms with Crippen molar-refractivity contribution < 1.29 is 0 Å². The standard InChI is InChI=1S/C25H30/c1-17(2)21(6)22(7)25(24-12-8-18(3)9-13-24)15-14-23-11-10-19(4)16-20(23)5/h8-13,16H,1,6,14-15H2,2-5,7H3. The second-order valence-corrected chi connectivity index (χ2v) is 7.16. The Hall–Kier alpha value is -2.34. The van der Waals surface area contributed by atoms with Gasteiger partial charge in [-0.25, -0.2) is 0 Å². The Morgan fingerprint density at radius 2 is 1.44 bits per heavy atom. The van der Waals surface area contributed by atoms with Gasteiger partial charge >= 0.3 is 0 Å². The molecule has 0 saturated heterocycles. The quantitative estimate of drug-likeness (QED) is 0.493. The lowest BCUT2D eigenvalue weighted by Gasteiger charge is -2.16. The van der Waals surface area contributed by atoms with Gasteiger partial charge in [-0.3, -0.25) is 0 Å². The fourth-order valence-electron chi connectivity index (χ4n) is 3.19. The summed E-state index contributed by atoms with van der Waals surface area (Å²) in [6.07, 6.45) is 2.04. The zero-order valence-electron chi connectivity index (χ0n) is 16.4. The summed E-state index contributed by atoms with van der Waals surface area (Å²) in [4.78, 5) is 0. The SMILES string of the molecule is C=C(C)C(=C)C(C)=C(CCc1ccc(C)cc1C)c1ccc(C)cc1. The molecule has 0 amide bonds. The molecule has 0 heteroatoms. The molecule has 0 bridgehead atoms. The summed E-state index contributed by atoms with van der Waals surface area (Å²) in [7, 11) is 0. The molecular weight excluding hydrogens is 300 g/mol. The van der Waals surface area contributed by atoms with Gasteiger partial charge in [0.2, 0.25) is 0 Å². The largest absolute Gasteiger partial charge is 0.0955 e. The molecule has 0 aliphatic carbocycles. The number of hydrogen-bond donors (Lipinski definition) is 0. The van der Waals surface area contributed by atoms with Crippen LogP contribution in [-0.4, -0.2) is 0 Å². The number of rotatable bonds is 6. The third-order valence-electron chi connectivity index (χ3n) is 4.96. The highest BCUT2D eigenvalue weighted by Gasteiger charge is 2.11. The van der Waals surface area contributed by atoms with E-state index in [1.165, 1.54) is 39.0 Å². The van der Waals surface area contributed by atoms with Crippen molar-refractivity contribution in [3.63, 3.8) is 0 Å². The first-order valence-electron chi connectivity index (χ1n) is 8.97. The van der Waals surface area contributed by atoms with Crippen LogP contribution in [0.5, 0.6) is 0 Å². The van der Waals surface area contributed by atoms with Crippen LogP contribution in [0.4, 0.5) is 0 Å². The van der Waals surface area contributed by atoms with Crippen molar-refractivity contribution in [3.8, 4) is 0 Å². The normalized spacial score (nSPS) is 11.9. The summed E-state index contributed by atoms with van der Waals surface area (Å²) >= 11 is 0. The maximum absolute atomic E-state index is 4.24. The lowest BCUT2D eigenvalue weighted by Crippen LogP contribution is -1.98. The van der Waals surface area contributed by atoms with E-state index in [4.69, 9.17) is 0 Å². The summed E-state index contributed by atoms with van der Waals surface area (Å²) in [5.41, 5.74) is 11.4. The monoisotopic (exact) mass is 330 g/mol. The zero-order chi connectivity index (χ0) is 18.6. The van der Waals surface area contributed by atoms with Gasteiger partial charge in [0.1, 0.15) is 0 Å². The van der Waals surface area contributed by atoms with Crippen LogP contribution in [0.3, 0.4) is 0 Å². The molecule has 0 unspecified atom stereocenters. The molecule has 0 N–H and O–H groups in total. The van der Waals surface area contributed by atoms with Gasteiger partial charge in [0, 0.05) is 0 Å². The summed E-state index contributed by atoms with van der Waals surface area (Å²) in [6, 6.07) is 15.6. The average Bonchev–Trinajstić information content (AvgIpc) is 2.57. The Labute approximate surface area is 153 Å². The summed E-state index contributed by atoms with van der Waals surface area (Å²) < 4.78 is 0. The number of hydrogen-bond acceptors (Lipinski definition) is 0. The molecule has 0 aliphatic rings. The second-order valence-electron chi connectivity index (χ2n) is 7.16. The van der Waals surface area contributed by atoms with Crippen LogP contribution in [0.15, 0.2) is 72.3 Å². The van der Waals surface area contributed by atoms with E-state index in [1.807, 2.05) is 6.92 Å². The lowest BCUT2D eigenvalue weighted by molar-refractivity contribution is 0.991. The summed E-state index contributed by atoms with van der Waals surface area (Å²) in [5, 5.41) is 0. The maximum atomic E-state index is 4.24. The number of benzene rings is 2. The van der Waals surface area contributed by atoms with Crippen molar-refractivity contribution in [2.45, 2.75) is 47.5 Å². The molecule has 0 fully saturated rings. The third kappa shape index (κ3) is 4.82. The highest BCUT2D eigenvalue weighted by molar-refractivity contribution is 5.73. The Kier molecular flexibility index (Phi) is 6.20. The minimum Gasteiger partial charge on any atom is -0.0955 e. The van der Waals surface area contributed by atoms with Crippen LogP contribution in [0.25, 0.3) is 5.57 Å². The predicted octanol–water partition coefficient (Wildman–Crippen LogP) is 7.15. The molecule has 0 nitrogen and oxygen atoms in total. The van der Waals surface area contributed by atoms with Crippen molar-refractivity contribution in [2.75, 3.05) is 0 Å². The van der Waals surface area contributed by atoms with E-state index in [0.29, 0.717) is 0 Å². The summed E-state index contributed by atoms with van der Waals surface area (Å²) in [6.45, 7) is 19.0. The van der Waals surface area contributed by atoms with E-state index in [1.54, 1.807) is 0 Å². The Bertz CT molecular complexity index is 814. The maximum Gasteiger partial charge on any atom is -0.0221 e. The van der Waals surface area contributed by atoms with E-state index in [2.05, 4.69) is 83.3 Å². The first kappa shape index (κ1) is 19.0. The van der Waals surface area contributed by atoms with Crippen LogP contribution < -0.4 is 0 Å². The Balaban J connectivity index is 2.38. The molecule has 0 atom stereocenters. The molecule has 0 radical (unpaired) electrons. The molecular formula is C25H30. The van der Waals surface area contributed by atoms with E-state index in [-0.39, 0.29) is 0 Å². The fraction of sp³-hybridized carbons (Fsp3) is 0.280. The molecule has 0 spiro atoms. The highest BCUT2D eigenvalue weighted by Crippen LogP contribution is 2.30. The topological polar surface area (TPSA) is 0 Å². The first-order chi connectivity index (χ1) is 11.8. The van der Waals surface area contributed by atoms with Gasteiger partial charge in [0.25, 0.3) is 0 Å². The number of aryl methyl sites for hydroxylation is 4. The predicted molar refractivity (Wildman–Crippen MR) is 112 cm³/mol. The fourth-order valence-corrected chi connectivity index (χ4v) is 3.19. The van der Waals surface area contributed by atoms with Crippen LogP contribution in [0.2, 0.25) is 0 Å². The number of allylic oxidation sites excluding steroid dienone is 4. The minimum absolute atomic E-state index is 1.01. The summed E-state index contributed by atoms with van der Waals surface area (Å²) in [5.74, 6) is 0. The van der Waals surface area contributed by atoms with Crippen molar-refractivity contribution in [2.24, 2.45) is 0 Å². The van der Waals surface area contributed by atoms with Gasteiger partial charge in [-0.05, 0) is 80.9 Å². The third-order valence-corrected chi connectivity index (χ3v) is 4.96. The van der Waals surface area contributed by atoms with Crippen molar-refractivity contribution in [3.05, 3.63) is 100 Å². The van der Waals surface area contributed by atoms with Crippen molar-refractivity contribution in [1.82, 2.24) is 0 Å². The molecule has 0 saturated carbocycles. The van der Waals surface area contributed by atoms with Gasteiger partial charge in [-0.15, -0.1) is 0 Å². The van der Waals surface area contributed by atoms with Gasteiger partial charge in [0.15, 0.2) is 0 Å². The zero-order valence-corrected chi connectivity index (χ0v) is 16.4. The molecule has 0 aromatic heterocycles. The molecule has 25 heavy (non-hydrogen) atoms. The first-order valence-corrected chi connectivity index (χ1v) is 8.97. The second kappa shape index (κ2) is 8.16. The van der Waals surface area contributed by atoms with Crippen molar-refractivity contribution in [1.29, 1.82) is 0 Å². The molecule has 0 aliphatic heterocycles. The smallest absolute Gasteiger partial charge is 0.0221 e. The highest BCUT2D eigenvalue weighted by atomic mass is 14.2. The molecule has 2 aromatic rings. The molecule has 0 heterocycles. The molecule has 2 rings (SSSR count). The average molecular weight is 331 g/mol. The van der Waals surface area contributed by atoms with Gasteiger partial charge < -0.3 is 0 Å². The van der Waals surface area contributed by atoms with Gasteiger partial charge in [0.05, 0.1) is 0 Å². The van der Waals surface area contributed by atoms with E-state index >= 15 is 0 Å². The van der Waals surface area contributed by atoms with Gasteiger partial charge in [-0.2, -0.15) is 0 Å². The Morgan fingerprint density at radius 3 is 2.00 bits per heavy atom. The van der Waals surface area contributed by atoms with Crippen molar-refractivity contribution >= 4 is 5.57 Å². The minimum atomic E-state index is 1.01. The van der Waals surface area contributed by atoms with E-state index in [0.717, 1.165) is 24.0 Å². The molecule has 130 valence electrons.